The second kappa shape index (κ2) is 4.94. The van der Waals surface area contributed by atoms with Gasteiger partial charge in [0.1, 0.15) is 6.61 Å². The molecule has 0 fully saturated rings. The molecule has 0 aliphatic heterocycles. The molecule has 0 aliphatic rings. The van der Waals surface area contributed by atoms with E-state index in [1.54, 1.807) is 0 Å². The molecule has 3 N–H and O–H groups in total. The lowest BCUT2D eigenvalue weighted by molar-refractivity contribution is 0.171. The number of carbonyl (C=O) groups is 1. The van der Waals surface area contributed by atoms with Crippen molar-refractivity contribution < 1.29 is 14.6 Å². The van der Waals surface area contributed by atoms with Crippen LogP contribution in [0.3, 0.4) is 0 Å². The van der Waals surface area contributed by atoms with Crippen LogP contribution in [0.25, 0.3) is 0 Å². The summed E-state index contributed by atoms with van der Waals surface area (Å²) in [4.78, 5) is 9.83. The van der Waals surface area contributed by atoms with Crippen molar-refractivity contribution in [3.63, 3.8) is 0 Å². The minimum absolute atomic E-state index is 0.0596. The van der Waals surface area contributed by atoms with Gasteiger partial charge in [-0.2, -0.15) is 0 Å². The van der Waals surface area contributed by atoms with E-state index in [0.717, 1.165) is 0 Å². The molecular formula is C5H7NO3. The van der Waals surface area contributed by atoms with Gasteiger partial charge in [0, 0.05) is 0 Å². The quantitative estimate of drug-likeness (QED) is 0.449. The van der Waals surface area contributed by atoms with Crippen LogP contribution in [-0.2, 0) is 4.74 Å². The Kier molecular flexibility index (Phi) is 4.27. The van der Waals surface area contributed by atoms with Gasteiger partial charge in [-0.1, -0.05) is 11.8 Å². The van der Waals surface area contributed by atoms with Crippen LogP contribution >= 0.6 is 0 Å². The van der Waals surface area contributed by atoms with Gasteiger partial charge in [-0.25, -0.2) is 4.79 Å². The molecule has 0 rings (SSSR count). The molecule has 0 spiro atoms. The summed E-state index contributed by atoms with van der Waals surface area (Å²) < 4.78 is 4.20. The number of carbonyl (C=O) groups excluding carboxylic acids is 1. The molecule has 4 heteroatoms. The molecule has 0 bridgehead atoms. The Morgan fingerprint density at radius 2 is 2.33 bits per heavy atom. The zero-order valence-corrected chi connectivity index (χ0v) is 4.76. The molecule has 0 saturated carbocycles. The Hall–Kier alpha value is -1.21. The van der Waals surface area contributed by atoms with Crippen LogP contribution in [0.2, 0.25) is 0 Å². The van der Waals surface area contributed by atoms with Crippen LogP contribution < -0.4 is 5.73 Å². The number of ether oxygens (including phenoxy) is 1. The number of hydrogen-bond donors (Lipinski definition) is 2. The Balaban J connectivity index is 3.19. The summed E-state index contributed by atoms with van der Waals surface area (Å²) >= 11 is 0. The Morgan fingerprint density at radius 1 is 1.67 bits per heavy atom. The van der Waals surface area contributed by atoms with E-state index in [9.17, 15) is 4.79 Å². The maximum Gasteiger partial charge on any atom is 0.405 e. The summed E-state index contributed by atoms with van der Waals surface area (Å²) in [5.74, 6) is 4.62. The van der Waals surface area contributed by atoms with E-state index in [4.69, 9.17) is 5.11 Å². The normalized spacial score (nSPS) is 7.22. The van der Waals surface area contributed by atoms with E-state index < -0.39 is 6.09 Å². The van der Waals surface area contributed by atoms with Gasteiger partial charge >= 0.3 is 6.09 Å². The van der Waals surface area contributed by atoms with Gasteiger partial charge in [-0.05, 0) is 0 Å². The van der Waals surface area contributed by atoms with Gasteiger partial charge in [-0.3, -0.25) is 0 Å². The fourth-order valence-corrected chi connectivity index (χ4v) is 0.214. The number of aliphatic hydroxyl groups is 1. The van der Waals surface area contributed by atoms with Crippen LogP contribution in [0, 0.1) is 11.8 Å². The molecule has 0 saturated heterocycles. The zero-order valence-electron chi connectivity index (χ0n) is 4.76. The summed E-state index contributed by atoms with van der Waals surface area (Å²) in [6.45, 7) is -0.294. The standard InChI is InChI=1S/C5H7NO3/c6-5(8)9-4-2-1-3-7/h7H,3-4H2,(H2,6,8). The Bertz CT molecular complexity index is 144. The molecule has 50 valence electrons. The predicted molar refractivity (Wildman–Crippen MR) is 30.4 cm³/mol. The lowest BCUT2D eigenvalue weighted by Crippen LogP contribution is -2.12. The highest BCUT2D eigenvalue weighted by Crippen LogP contribution is 1.68. The molecule has 0 aromatic rings. The predicted octanol–water partition coefficient (Wildman–Crippen LogP) is -0.923. The van der Waals surface area contributed by atoms with Crippen LogP contribution in [-0.4, -0.2) is 24.4 Å². The molecule has 0 aromatic heterocycles. The second-order valence-electron chi connectivity index (χ2n) is 1.12. The minimum Gasteiger partial charge on any atom is -0.437 e. The van der Waals surface area contributed by atoms with Crippen molar-refractivity contribution in [3.05, 3.63) is 0 Å². The Morgan fingerprint density at radius 3 is 2.78 bits per heavy atom. The summed E-state index contributed by atoms with van der Waals surface area (Å²) in [5.41, 5.74) is 4.58. The van der Waals surface area contributed by atoms with Gasteiger partial charge in [0.15, 0.2) is 6.61 Å². The summed E-state index contributed by atoms with van der Waals surface area (Å²) in [7, 11) is 0. The van der Waals surface area contributed by atoms with Crippen LogP contribution in [0.4, 0.5) is 4.79 Å². The molecule has 0 radical (unpaired) electrons. The van der Waals surface area contributed by atoms with Crippen molar-refractivity contribution >= 4 is 6.09 Å². The first kappa shape index (κ1) is 7.79. The molecule has 4 nitrogen and oxygen atoms in total. The number of aliphatic hydroxyl groups excluding tert-OH is 1. The van der Waals surface area contributed by atoms with Gasteiger partial charge in [0.25, 0.3) is 0 Å². The van der Waals surface area contributed by atoms with Crippen LogP contribution in [0.1, 0.15) is 0 Å². The van der Waals surface area contributed by atoms with Crippen molar-refractivity contribution in [3.8, 4) is 11.8 Å². The van der Waals surface area contributed by atoms with Gasteiger partial charge in [-0.15, -0.1) is 0 Å². The fourth-order valence-electron chi connectivity index (χ4n) is 0.214. The monoisotopic (exact) mass is 129 g/mol. The van der Waals surface area contributed by atoms with E-state index >= 15 is 0 Å². The third-order valence-electron chi connectivity index (χ3n) is 0.491. The summed E-state index contributed by atoms with van der Waals surface area (Å²) in [6.07, 6.45) is -0.859. The number of nitrogens with two attached hydrogens (primary N) is 1. The number of amides is 1. The SMILES string of the molecule is NC(=O)OCC#CCO. The maximum absolute atomic E-state index is 9.83. The number of primary amides is 1. The number of hydrogen-bond acceptors (Lipinski definition) is 3. The average Bonchev–Trinajstić information content (AvgIpc) is 1.80. The van der Waals surface area contributed by atoms with Crippen molar-refractivity contribution in [2.24, 2.45) is 5.73 Å². The van der Waals surface area contributed by atoms with E-state index in [2.05, 4.69) is 22.3 Å². The fraction of sp³-hybridized carbons (Fsp3) is 0.400. The molecule has 1 amide bonds. The third-order valence-corrected chi connectivity index (χ3v) is 0.491. The first-order valence-corrected chi connectivity index (χ1v) is 2.26. The average molecular weight is 129 g/mol. The van der Waals surface area contributed by atoms with Crippen molar-refractivity contribution in [2.45, 2.75) is 0 Å². The summed E-state index contributed by atoms with van der Waals surface area (Å²) in [6, 6.07) is 0. The highest BCUT2D eigenvalue weighted by atomic mass is 16.5. The molecule has 0 aromatic carbocycles. The lowest BCUT2D eigenvalue weighted by atomic mass is 10.6. The van der Waals surface area contributed by atoms with Gasteiger partial charge < -0.3 is 15.6 Å². The van der Waals surface area contributed by atoms with E-state index in [1.807, 2.05) is 0 Å². The van der Waals surface area contributed by atoms with Crippen LogP contribution in [0.5, 0.6) is 0 Å². The highest BCUT2D eigenvalue weighted by molar-refractivity contribution is 5.64. The first-order chi connectivity index (χ1) is 4.27. The smallest absolute Gasteiger partial charge is 0.405 e. The van der Waals surface area contributed by atoms with Crippen LogP contribution in [0.15, 0.2) is 0 Å². The second-order valence-corrected chi connectivity index (χ2v) is 1.12. The lowest BCUT2D eigenvalue weighted by Gasteiger charge is -1.89. The summed E-state index contributed by atoms with van der Waals surface area (Å²) in [5, 5.41) is 8.09. The highest BCUT2D eigenvalue weighted by Gasteiger charge is 1.85. The number of rotatable bonds is 1. The van der Waals surface area contributed by atoms with Crippen molar-refractivity contribution in [1.82, 2.24) is 0 Å². The molecular weight excluding hydrogens is 122 g/mol. The van der Waals surface area contributed by atoms with Gasteiger partial charge in [0.05, 0.1) is 0 Å². The van der Waals surface area contributed by atoms with Crippen molar-refractivity contribution in [2.75, 3.05) is 13.2 Å². The molecule has 9 heavy (non-hydrogen) atoms. The molecule has 0 unspecified atom stereocenters. The van der Waals surface area contributed by atoms with E-state index in [0.29, 0.717) is 0 Å². The largest absolute Gasteiger partial charge is 0.437 e. The Labute approximate surface area is 52.6 Å². The third kappa shape index (κ3) is 6.79. The molecule has 0 aliphatic carbocycles. The minimum atomic E-state index is -0.859. The van der Waals surface area contributed by atoms with E-state index in [-0.39, 0.29) is 13.2 Å². The van der Waals surface area contributed by atoms with E-state index in [1.165, 1.54) is 0 Å². The van der Waals surface area contributed by atoms with Crippen molar-refractivity contribution in [1.29, 1.82) is 0 Å². The molecule has 0 atom stereocenters. The topological polar surface area (TPSA) is 72.6 Å². The maximum atomic E-state index is 9.83. The van der Waals surface area contributed by atoms with Gasteiger partial charge in [0.2, 0.25) is 0 Å². The first-order valence-electron chi connectivity index (χ1n) is 2.26. The zero-order chi connectivity index (χ0) is 7.11. The molecule has 0 heterocycles.